The number of ketones is 1. The summed E-state index contributed by atoms with van der Waals surface area (Å²) in [4.78, 5) is 20.3. The van der Waals surface area contributed by atoms with Crippen molar-refractivity contribution in [2.24, 2.45) is 5.73 Å². The predicted octanol–water partition coefficient (Wildman–Crippen LogP) is 2.10. The van der Waals surface area contributed by atoms with E-state index in [0.717, 1.165) is 5.56 Å². The maximum absolute atomic E-state index is 10.4. The second-order valence-electron chi connectivity index (χ2n) is 3.44. The Morgan fingerprint density at radius 3 is 1.95 bits per heavy atom. The van der Waals surface area contributed by atoms with E-state index in [9.17, 15) is 9.59 Å². The zero-order valence-corrected chi connectivity index (χ0v) is 12.4. The van der Waals surface area contributed by atoms with Gasteiger partial charge in [-0.1, -0.05) is 30.3 Å². The monoisotopic (exact) mass is 327 g/mol. The van der Waals surface area contributed by atoms with Crippen molar-refractivity contribution in [3.05, 3.63) is 35.9 Å². The van der Waals surface area contributed by atoms with Crippen molar-refractivity contribution in [2.45, 2.75) is 12.5 Å². The van der Waals surface area contributed by atoms with Crippen molar-refractivity contribution in [3.8, 4) is 0 Å². The lowest BCUT2D eigenvalue weighted by atomic mass is 10.1. The maximum atomic E-state index is 10.4. The molecule has 0 unspecified atom stereocenters. The zero-order valence-electron chi connectivity index (χ0n) is 10.1. The van der Waals surface area contributed by atoms with Gasteiger partial charge in [-0.15, -0.1) is 35.6 Å². The van der Waals surface area contributed by atoms with Crippen molar-refractivity contribution >= 4 is 47.4 Å². The fraction of sp³-hybridized carbons (Fsp3) is 0.333. The Kier molecular flexibility index (Phi) is 13.2. The summed E-state index contributed by atoms with van der Waals surface area (Å²) >= 11 is 10.0. The van der Waals surface area contributed by atoms with Crippen molar-refractivity contribution < 1.29 is 14.7 Å². The molecule has 1 aromatic carbocycles. The molecule has 0 aliphatic heterocycles. The van der Waals surface area contributed by atoms with E-state index in [-0.39, 0.29) is 30.0 Å². The molecule has 1 atom stereocenters. The van der Waals surface area contributed by atoms with Gasteiger partial charge in [0.1, 0.15) is 6.04 Å². The topological polar surface area (TPSA) is 80.4 Å². The molecule has 0 radical (unpaired) electrons. The molecule has 0 fully saturated rings. The molecular formula is C12H16Cl3NO3. The van der Waals surface area contributed by atoms with Gasteiger partial charge in [-0.2, -0.15) is 0 Å². The number of carboxylic acids is 1. The number of hydrogen-bond donors (Lipinski definition) is 2. The summed E-state index contributed by atoms with van der Waals surface area (Å²) in [5.41, 5.74) is 6.30. The number of carboxylic acid groups (broad SMARTS) is 1. The lowest BCUT2D eigenvalue weighted by Gasteiger charge is -2.04. The van der Waals surface area contributed by atoms with Gasteiger partial charge in [0, 0.05) is 0 Å². The molecule has 0 heterocycles. The minimum absolute atomic E-state index is 0. The van der Waals surface area contributed by atoms with Crippen molar-refractivity contribution in [2.75, 3.05) is 11.8 Å². The lowest BCUT2D eigenvalue weighted by molar-refractivity contribution is -0.138. The van der Waals surface area contributed by atoms with Crippen LogP contribution in [0.15, 0.2) is 30.3 Å². The van der Waals surface area contributed by atoms with Gasteiger partial charge in [0.05, 0.1) is 11.8 Å². The van der Waals surface area contributed by atoms with Crippen LogP contribution in [0.4, 0.5) is 0 Å². The minimum Gasteiger partial charge on any atom is -0.480 e. The van der Waals surface area contributed by atoms with Crippen LogP contribution in [0.25, 0.3) is 0 Å². The Balaban J connectivity index is 0. The molecule has 0 bridgehead atoms. The largest absolute Gasteiger partial charge is 0.480 e. The van der Waals surface area contributed by atoms with Gasteiger partial charge < -0.3 is 10.8 Å². The first kappa shape index (κ1) is 20.5. The van der Waals surface area contributed by atoms with E-state index in [1.807, 2.05) is 30.3 Å². The highest BCUT2D eigenvalue weighted by atomic mass is 35.5. The normalized spacial score (nSPS) is 10.5. The molecule has 4 nitrogen and oxygen atoms in total. The summed E-state index contributed by atoms with van der Waals surface area (Å²) < 4.78 is 0. The molecule has 0 saturated heterocycles. The Labute approximate surface area is 128 Å². The Morgan fingerprint density at radius 2 is 1.63 bits per heavy atom. The molecule has 1 aromatic rings. The zero-order chi connectivity index (χ0) is 14.0. The molecule has 0 spiro atoms. The molecule has 108 valence electrons. The van der Waals surface area contributed by atoms with Crippen LogP contribution >= 0.6 is 35.6 Å². The highest BCUT2D eigenvalue weighted by Gasteiger charge is 2.10. The number of alkyl halides is 2. The van der Waals surface area contributed by atoms with E-state index in [1.54, 1.807) is 0 Å². The van der Waals surface area contributed by atoms with Crippen molar-refractivity contribution in [3.63, 3.8) is 0 Å². The molecule has 7 heteroatoms. The maximum Gasteiger partial charge on any atom is 0.320 e. The van der Waals surface area contributed by atoms with Crippen LogP contribution in [-0.4, -0.2) is 34.7 Å². The first-order valence-corrected chi connectivity index (χ1v) is 6.24. The number of Topliss-reactive ketones (excluding diaryl/α,β-unsaturated/α-hetero) is 1. The first-order valence-electron chi connectivity index (χ1n) is 5.17. The van der Waals surface area contributed by atoms with E-state index in [4.69, 9.17) is 34.0 Å². The van der Waals surface area contributed by atoms with Crippen LogP contribution in [0.3, 0.4) is 0 Å². The third kappa shape index (κ3) is 10.8. The Morgan fingerprint density at radius 1 is 1.16 bits per heavy atom. The van der Waals surface area contributed by atoms with Gasteiger partial charge in [-0.3, -0.25) is 9.59 Å². The van der Waals surface area contributed by atoms with Gasteiger partial charge in [-0.25, -0.2) is 0 Å². The summed E-state index contributed by atoms with van der Waals surface area (Å²) in [6.07, 6.45) is 0.385. The average Bonchev–Trinajstić information content (AvgIpc) is 2.39. The quantitative estimate of drug-likeness (QED) is 0.811. The van der Waals surface area contributed by atoms with Gasteiger partial charge in [-0.05, 0) is 12.0 Å². The van der Waals surface area contributed by atoms with E-state index in [2.05, 4.69) is 0 Å². The third-order valence-corrected chi connectivity index (χ3v) is 2.51. The van der Waals surface area contributed by atoms with Crippen molar-refractivity contribution in [1.82, 2.24) is 0 Å². The van der Waals surface area contributed by atoms with E-state index < -0.39 is 12.0 Å². The van der Waals surface area contributed by atoms with Crippen LogP contribution < -0.4 is 5.73 Å². The minimum atomic E-state index is -0.959. The third-order valence-electron chi connectivity index (χ3n) is 1.91. The number of benzene rings is 1. The summed E-state index contributed by atoms with van der Waals surface area (Å²) in [6.45, 7) is 0. The molecule has 0 amide bonds. The van der Waals surface area contributed by atoms with Crippen molar-refractivity contribution in [1.29, 1.82) is 0 Å². The number of halogens is 3. The number of nitrogens with two attached hydrogens (primary N) is 1. The molecule has 19 heavy (non-hydrogen) atoms. The molecule has 1 rings (SSSR count). The number of rotatable bonds is 5. The highest BCUT2D eigenvalue weighted by molar-refractivity contribution is 6.35. The van der Waals surface area contributed by atoms with Gasteiger partial charge in [0.2, 0.25) is 0 Å². The van der Waals surface area contributed by atoms with E-state index >= 15 is 0 Å². The van der Waals surface area contributed by atoms with E-state index in [1.165, 1.54) is 0 Å². The fourth-order valence-electron chi connectivity index (χ4n) is 0.991. The number of carbonyl (C=O) groups is 2. The average molecular weight is 329 g/mol. The first-order chi connectivity index (χ1) is 8.51. The Hall–Kier alpha value is -0.810. The number of aliphatic carboxylic acids is 1. The Bertz CT molecular complexity index is 368. The molecular weight excluding hydrogens is 312 g/mol. The SMILES string of the molecule is Cl.N[C@@H](Cc1ccccc1)C(=O)O.O=C(CCl)CCl. The fourth-order valence-corrected chi connectivity index (χ4v) is 1.28. The second-order valence-corrected chi connectivity index (χ2v) is 3.97. The number of hydrogen-bond acceptors (Lipinski definition) is 3. The molecule has 0 saturated carbocycles. The number of carbonyl (C=O) groups excluding carboxylic acids is 1. The van der Waals surface area contributed by atoms with Crippen LogP contribution in [0.1, 0.15) is 5.56 Å². The molecule has 0 aromatic heterocycles. The summed E-state index contributed by atoms with van der Waals surface area (Å²) in [6, 6.07) is 8.54. The second kappa shape index (κ2) is 12.2. The van der Waals surface area contributed by atoms with Crippen LogP contribution in [-0.2, 0) is 16.0 Å². The standard InChI is InChI=1S/C9H11NO2.C3H4Cl2O.ClH/c10-8(9(11)12)6-7-4-2-1-3-5-7;4-1-3(6)2-5;/h1-5,8H,6,10H2,(H,11,12);1-2H2;1H/t8-;;/m0../s1. The van der Waals surface area contributed by atoms with Crippen LogP contribution in [0.2, 0.25) is 0 Å². The van der Waals surface area contributed by atoms with Gasteiger partial charge in [0.25, 0.3) is 0 Å². The molecule has 0 aliphatic carbocycles. The molecule has 3 N–H and O–H groups in total. The smallest absolute Gasteiger partial charge is 0.320 e. The van der Waals surface area contributed by atoms with Crippen LogP contribution in [0, 0.1) is 0 Å². The van der Waals surface area contributed by atoms with Gasteiger partial charge >= 0.3 is 5.97 Å². The summed E-state index contributed by atoms with van der Waals surface area (Å²) in [5.74, 6) is -1.02. The lowest BCUT2D eigenvalue weighted by Crippen LogP contribution is -2.32. The predicted molar refractivity (Wildman–Crippen MR) is 79.5 cm³/mol. The summed E-state index contributed by atoms with van der Waals surface area (Å²) in [5, 5.41) is 8.52. The van der Waals surface area contributed by atoms with E-state index in [0.29, 0.717) is 6.42 Å². The van der Waals surface area contributed by atoms with Gasteiger partial charge in [0.15, 0.2) is 5.78 Å². The molecule has 0 aliphatic rings. The highest BCUT2D eigenvalue weighted by Crippen LogP contribution is 2.01. The summed E-state index contributed by atoms with van der Waals surface area (Å²) in [7, 11) is 0. The van der Waals surface area contributed by atoms with Crippen LogP contribution in [0.5, 0.6) is 0 Å².